The predicted octanol–water partition coefficient (Wildman–Crippen LogP) is 6.11. The van der Waals surface area contributed by atoms with Crippen LogP contribution in [0.25, 0.3) is 11.3 Å². The average Bonchev–Trinajstić information content (AvgIpc) is 3.51. The van der Waals surface area contributed by atoms with Gasteiger partial charge in [0.15, 0.2) is 0 Å². The molecule has 0 aliphatic carbocycles. The first-order chi connectivity index (χ1) is 17.6. The summed E-state index contributed by atoms with van der Waals surface area (Å²) in [6.45, 7) is 2.55. The predicted molar refractivity (Wildman–Crippen MR) is 138 cm³/mol. The Hall–Kier alpha value is -4.26. The van der Waals surface area contributed by atoms with Gasteiger partial charge < -0.3 is 9.15 Å². The van der Waals surface area contributed by atoms with Crippen LogP contribution in [0.3, 0.4) is 0 Å². The van der Waals surface area contributed by atoms with Gasteiger partial charge >= 0.3 is 0 Å². The zero-order valence-corrected chi connectivity index (χ0v) is 20.3. The van der Waals surface area contributed by atoms with Gasteiger partial charge in [0, 0.05) is 36.6 Å². The lowest BCUT2D eigenvalue weighted by molar-refractivity contribution is -0.384. The quantitative estimate of drug-likeness (QED) is 0.173. The average molecular weight is 499 g/mol. The van der Waals surface area contributed by atoms with Gasteiger partial charge in [-0.15, -0.1) is 11.3 Å². The fraction of sp³-hybridized carbons (Fsp3) is 0.185. The van der Waals surface area contributed by atoms with Crippen LogP contribution in [0, 0.1) is 21.4 Å². The fourth-order valence-electron chi connectivity index (χ4n) is 4.32. The minimum atomic E-state index is -0.461. The number of ether oxygens (including phenoxy) is 1. The molecule has 1 aliphatic rings. The van der Waals surface area contributed by atoms with E-state index in [1.54, 1.807) is 24.4 Å². The van der Waals surface area contributed by atoms with Gasteiger partial charge in [-0.3, -0.25) is 15.0 Å². The number of fused-ring (bicyclic) bond motifs is 1. The van der Waals surface area contributed by atoms with Crippen molar-refractivity contribution in [1.82, 2.24) is 4.90 Å². The Morgan fingerprint density at radius 1 is 1.25 bits per heavy atom. The summed E-state index contributed by atoms with van der Waals surface area (Å²) >= 11 is 1.54. The number of nitrogens with zero attached hydrogens (tertiary/aromatic N) is 4. The SMILES string of the molecule is COc1ccc([N+](=O)[O-])cc1-c1ccc(C=Nc2sc3c(c2C#N)CCN(Cc2ccccc2)C3)o1. The monoisotopic (exact) mass is 498 g/mol. The van der Waals surface area contributed by atoms with Gasteiger partial charge in [0.05, 0.1) is 29.4 Å². The van der Waals surface area contributed by atoms with Gasteiger partial charge in [0.2, 0.25) is 0 Å². The van der Waals surface area contributed by atoms with Crippen molar-refractivity contribution in [1.29, 1.82) is 5.26 Å². The smallest absolute Gasteiger partial charge is 0.270 e. The van der Waals surface area contributed by atoms with E-state index in [1.165, 1.54) is 41.0 Å². The number of hydrogen-bond acceptors (Lipinski definition) is 8. The number of aliphatic imine (C=N–C) groups is 1. The highest BCUT2D eigenvalue weighted by atomic mass is 32.1. The van der Waals surface area contributed by atoms with Gasteiger partial charge in [-0.2, -0.15) is 5.26 Å². The second-order valence-electron chi connectivity index (χ2n) is 8.34. The molecule has 0 radical (unpaired) electrons. The summed E-state index contributed by atoms with van der Waals surface area (Å²) in [7, 11) is 1.50. The second kappa shape index (κ2) is 10.2. The number of non-ortho nitro benzene ring substituents is 1. The zero-order valence-electron chi connectivity index (χ0n) is 19.5. The molecule has 0 saturated carbocycles. The van der Waals surface area contributed by atoms with E-state index in [-0.39, 0.29) is 5.69 Å². The molecule has 0 atom stereocenters. The molecular weight excluding hydrogens is 476 g/mol. The Morgan fingerprint density at radius 2 is 2.08 bits per heavy atom. The van der Waals surface area contributed by atoms with Crippen molar-refractivity contribution in [2.24, 2.45) is 4.99 Å². The number of nitro groups is 1. The van der Waals surface area contributed by atoms with Gasteiger partial charge in [-0.1, -0.05) is 30.3 Å². The van der Waals surface area contributed by atoms with Crippen molar-refractivity contribution in [2.75, 3.05) is 13.7 Å². The van der Waals surface area contributed by atoms with Crippen LogP contribution in [-0.4, -0.2) is 29.7 Å². The summed E-state index contributed by atoms with van der Waals surface area (Å²) in [5.41, 5.74) is 3.40. The van der Waals surface area contributed by atoms with Crippen LogP contribution in [-0.2, 0) is 19.5 Å². The van der Waals surface area contributed by atoms with Crippen LogP contribution >= 0.6 is 11.3 Å². The molecule has 0 spiro atoms. The van der Waals surface area contributed by atoms with Crippen molar-refractivity contribution < 1.29 is 14.1 Å². The van der Waals surface area contributed by atoms with Crippen LogP contribution in [0.5, 0.6) is 5.75 Å². The molecule has 0 unspecified atom stereocenters. The van der Waals surface area contributed by atoms with E-state index in [0.717, 1.165) is 31.6 Å². The zero-order chi connectivity index (χ0) is 25.1. The second-order valence-corrected chi connectivity index (χ2v) is 9.43. The number of rotatable bonds is 7. The summed E-state index contributed by atoms with van der Waals surface area (Å²) < 4.78 is 11.2. The minimum Gasteiger partial charge on any atom is -0.496 e. The van der Waals surface area contributed by atoms with Gasteiger partial charge in [0.1, 0.15) is 28.3 Å². The van der Waals surface area contributed by atoms with E-state index in [2.05, 4.69) is 28.1 Å². The van der Waals surface area contributed by atoms with Crippen LogP contribution in [0.2, 0.25) is 0 Å². The van der Waals surface area contributed by atoms with Crippen molar-refractivity contribution in [2.45, 2.75) is 19.5 Å². The molecule has 1 aliphatic heterocycles. The standard InChI is InChI=1S/C27H22N4O4S/c1-34-24-9-7-19(31(32)33)13-22(24)25-10-8-20(35-25)15-29-27-23(14-28)21-11-12-30(17-26(21)36-27)16-18-5-3-2-4-6-18/h2-10,13,15H,11-12,16-17H2,1H3. The Labute approximate surface area is 211 Å². The first kappa shape index (κ1) is 23.5. The maximum atomic E-state index is 11.2. The van der Waals surface area contributed by atoms with Crippen molar-refractivity contribution in [3.05, 3.63) is 98.1 Å². The largest absolute Gasteiger partial charge is 0.496 e. The third kappa shape index (κ3) is 4.77. The number of hydrogen-bond donors (Lipinski definition) is 0. The minimum absolute atomic E-state index is 0.0541. The van der Waals surface area contributed by atoms with Crippen LogP contribution < -0.4 is 4.74 Å². The molecule has 0 bridgehead atoms. The number of thiophene rings is 1. The Bertz CT molecular complexity index is 1480. The van der Waals surface area contributed by atoms with E-state index in [0.29, 0.717) is 33.4 Å². The molecule has 9 heteroatoms. The molecule has 5 rings (SSSR count). The Morgan fingerprint density at radius 3 is 2.83 bits per heavy atom. The maximum Gasteiger partial charge on any atom is 0.270 e. The molecule has 180 valence electrons. The summed E-state index contributed by atoms with van der Waals surface area (Å²) in [6, 6.07) is 20.5. The highest BCUT2D eigenvalue weighted by Gasteiger charge is 2.24. The van der Waals surface area contributed by atoms with Crippen molar-refractivity contribution in [3.63, 3.8) is 0 Å². The fourth-order valence-corrected chi connectivity index (χ4v) is 5.50. The Kier molecular flexibility index (Phi) is 6.62. The first-order valence-corrected chi connectivity index (χ1v) is 12.1. The van der Waals surface area contributed by atoms with E-state index < -0.39 is 4.92 Å². The highest BCUT2D eigenvalue weighted by Crippen LogP contribution is 2.39. The van der Waals surface area contributed by atoms with E-state index in [9.17, 15) is 15.4 Å². The third-order valence-electron chi connectivity index (χ3n) is 6.07. The lowest BCUT2D eigenvalue weighted by atomic mass is 10.0. The van der Waals surface area contributed by atoms with Crippen molar-refractivity contribution >= 4 is 28.2 Å². The van der Waals surface area contributed by atoms with E-state index >= 15 is 0 Å². The number of furan rings is 1. The van der Waals surface area contributed by atoms with Crippen molar-refractivity contribution in [3.8, 4) is 23.1 Å². The maximum absolute atomic E-state index is 11.2. The molecule has 36 heavy (non-hydrogen) atoms. The molecule has 2 aromatic heterocycles. The molecule has 4 aromatic rings. The van der Waals surface area contributed by atoms with Gasteiger partial charge in [0.25, 0.3) is 5.69 Å². The lowest BCUT2D eigenvalue weighted by Gasteiger charge is -2.26. The summed E-state index contributed by atoms with van der Waals surface area (Å²) in [6.07, 6.45) is 2.39. The Balaban J connectivity index is 1.36. The van der Waals surface area contributed by atoms with E-state index in [1.807, 2.05) is 18.2 Å². The van der Waals surface area contributed by atoms with Crippen LogP contribution in [0.4, 0.5) is 10.7 Å². The molecule has 3 heterocycles. The number of nitriles is 1. The highest BCUT2D eigenvalue weighted by molar-refractivity contribution is 7.16. The van der Waals surface area contributed by atoms with Crippen LogP contribution in [0.15, 0.2) is 70.1 Å². The third-order valence-corrected chi connectivity index (χ3v) is 7.20. The molecule has 2 aromatic carbocycles. The number of nitro benzene ring substituents is 1. The lowest BCUT2D eigenvalue weighted by Crippen LogP contribution is -2.29. The molecule has 0 amide bonds. The summed E-state index contributed by atoms with van der Waals surface area (Å²) in [4.78, 5) is 18.9. The topological polar surface area (TPSA) is 105 Å². The molecule has 8 nitrogen and oxygen atoms in total. The molecular formula is C27H22N4O4S. The first-order valence-electron chi connectivity index (χ1n) is 11.3. The van der Waals surface area contributed by atoms with Gasteiger partial charge in [-0.05, 0) is 35.7 Å². The normalized spacial score (nSPS) is 13.4. The number of benzene rings is 2. The number of methoxy groups -OCH3 is 1. The van der Waals surface area contributed by atoms with Gasteiger partial charge in [-0.25, -0.2) is 4.99 Å². The summed E-state index contributed by atoms with van der Waals surface area (Å²) in [5.74, 6) is 1.37. The van der Waals surface area contributed by atoms with E-state index in [4.69, 9.17) is 9.15 Å². The molecule has 0 saturated heterocycles. The van der Waals surface area contributed by atoms with Crippen LogP contribution in [0.1, 0.15) is 27.3 Å². The summed E-state index contributed by atoms with van der Waals surface area (Å²) in [5, 5.41) is 21.7. The molecule has 0 N–H and O–H groups in total. The molecule has 0 fully saturated rings.